The van der Waals surface area contributed by atoms with E-state index in [0.29, 0.717) is 0 Å². The molecule has 118 valence electrons. The highest BCUT2D eigenvalue weighted by Gasteiger charge is 2.25. The summed E-state index contributed by atoms with van der Waals surface area (Å²) in [7, 11) is 0. The van der Waals surface area contributed by atoms with Gasteiger partial charge in [-0.2, -0.15) is 5.26 Å². The highest BCUT2D eigenvalue weighted by molar-refractivity contribution is 5.71. The highest BCUT2D eigenvalue weighted by Crippen LogP contribution is 2.19. The van der Waals surface area contributed by atoms with E-state index in [2.05, 4.69) is 16.7 Å². The lowest BCUT2D eigenvalue weighted by molar-refractivity contribution is -0.240. The third-order valence-corrected chi connectivity index (χ3v) is 4.34. The third kappa shape index (κ3) is 7.25. The Labute approximate surface area is 123 Å². The van der Waals surface area contributed by atoms with Crippen molar-refractivity contribution in [1.29, 1.82) is 0 Å². The Morgan fingerprint density at radius 1 is 1.05 bits per heavy atom. The van der Waals surface area contributed by atoms with Gasteiger partial charge < -0.3 is 9.79 Å². The Morgan fingerprint density at radius 3 is 2.15 bits per heavy atom. The van der Waals surface area contributed by atoms with E-state index in [1.54, 1.807) is 0 Å². The minimum Gasteiger partial charge on any atom is -0.303 e. The maximum Gasteiger partial charge on any atom is 0.345 e. The van der Waals surface area contributed by atoms with Crippen LogP contribution in [0.15, 0.2) is 0 Å². The van der Waals surface area contributed by atoms with E-state index in [0.717, 1.165) is 32.5 Å². The number of hydrogen-bond donors (Lipinski definition) is 1. The minimum absolute atomic E-state index is 0.102. The summed E-state index contributed by atoms with van der Waals surface area (Å²) in [6.45, 7) is 5.31. The van der Waals surface area contributed by atoms with Crippen LogP contribution in [0, 0.1) is 5.92 Å². The molecule has 0 radical (unpaired) electrons. The number of nitrogens with zero attached hydrogens (tertiary/aromatic N) is 1. The van der Waals surface area contributed by atoms with Gasteiger partial charge in [0.2, 0.25) is 0 Å². The second kappa shape index (κ2) is 11.1. The van der Waals surface area contributed by atoms with Crippen molar-refractivity contribution in [1.82, 2.24) is 4.90 Å². The first kappa shape index (κ1) is 17.4. The molecule has 1 N–H and O–H groups in total. The van der Waals surface area contributed by atoms with Crippen molar-refractivity contribution in [2.24, 2.45) is 5.92 Å². The topological polar surface area (TPSA) is 49.8 Å². The monoisotopic (exact) mass is 285 g/mol. The van der Waals surface area contributed by atoms with Crippen LogP contribution in [0.25, 0.3) is 0 Å². The SMILES string of the molecule is CCCCCCCCCCN1CCC(C(=O)OO)CC1. The summed E-state index contributed by atoms with van der Waals surface area (Å²) in [4.78, 5) is 17.4. The van der Waals surface area contributed by atoms with Crippen molar-refractivity contribution < 1.29 is 14.9 Å². The molecule has 1 rings (SSSR count). The van der Waals surface area contributed by atoms with E-state index < -0.39 is 5.97 Å². The van der Waals surface area contributed by atoms with E-state index in [9.17, 15) is 4.79 Å². The molecule has 0 saturated carbocycles. The summed E-state index contributed by atoms with van der Waals surface area (Å²) in [5.74, 6) is -0.563. The molecule has 1 heterocycles. The highest BCUT2D eigenvalue weighted by atomic mass is 17.1. The first-order valence-electron chi connectivity index (χ1n) is 8.35. The van der Waals surface area contributed by atoms with Crippen molar-refractivity contribution in [3.63, 3.8) is 0 Å². The molecule has 20 heavy (non-hydrogen) atoms. The van der Waals surface area contributed by atoms with Crippen LogP contribution in [-0.4, -0.2) is 35.8 Å². The molecule has 4 nitrogen and oxygen atoms in total. The maximum absolute atomic E-state index is 11.2. The molecule has 1 aliphatic rings. The zero-order chi connectivity index (χ0) is 14.6. The fourth-order valence-corrected chi connectivity index (χ4v) is 2.94. The molecule has 0 amide bonds. The molecule has 0 unspecified atom stereocenters. The van der Waals surface area contributed by atoms with Crippen LogP contribution in [0.1, 0.15) is 71.1 Å². The van der Waals surface area contributed by atoms with Gasteiger partial charge in [0.15, 0.2) is 0 Å². The van der Waals surface area contributed by atoms with Gasteiger partial charge in [0.25, 0.3) is 0 Å². The summed E-state index contributed by atoms with van der Waals surface area (Å²) in [6.07, 6.45) is 12.4. The smallest absolute Gasteiger partial charge is 0.303 e. The molecule has 0 bridgehead atoms. The molecule has 0 aromatic heterocycles. The van der Waals surface area contributed by atoms with Crippen LogP contribution < -0.4 is 0 Å². The van der Waals surface area contributed by atoms with Gasteiger partial charge in [-0.3, -0.25) is 0 Å². The Bertz CT molecular complexity index is 250. The molecular weight excluding hydrogens is 254 g/mol. The molecule has 0 aromatic rings. The van der Waals surface area contributed by atoms with Crippen molar-refractivity contribution in [3.8, 4) is 0 Å². The van der Waals surface area contributed by atoms with Crippen molar-refractivity contribution in [3.05, 3.63) is 0 Å². The average molecular weight is 285 g/mol. The molecule has 0 aromatic carbocycles. The number of carbonyl (C=O) groups is 1. The van der Waals surface area contributed by atoms with Crippen LogP contribution in [0.3, 0.4) is 0 Å². The molecular formula is C16H31NO3. The standard InChI is InChI=1S/C16H31NO3/c1-2-3-4-5-6-7-8-9-12-17-13-10-15(11-14-17)16(18)20-19/h15,19H,2-14H2,1H3. The molecule has 4 heteroatoms. The van der Waals surface area contributed by atoms with Crippen molar-refractivity contribution in [2.45, 2.75) is 71.1 Å². The van der Waals surface area contributed by atoms with Gasteiger partial charge in [0, 0.05) is 0 Å². The fourth-order valence-electron chi connectivity index (χ4n) is 2.94. The molecule has 0 spiro atoms. The first-order chi connectivity index (χ1) is 9.77. The molecule has 1 aliphatic heterocycles. The lowest BCUT2D eigenvalue weighted by atomic mass is 9.97. The number of piperidine rings is 1. The van der Waals surface area contributed by atoms with E-state index in [-0.39, 0.29) is 5.92 Å². The lowest BCUT2D eigenvalue weighted by Crippen LogP contribution is -2.37. The summed E-state index contributed by atoms with van der Waals surface area (Å²) in [5, 5.41) is 8.37. The van der Waals surface area contributed by atoms with Gasteiger partial charge in [-0.05, 0) is 38.9 Å². The van der Waals surface area contributed by atoms with Gasteiger partial charge in [0.05, 0.1) is 5.92 Å². The van der Waals surface area contributed by atoms with Gasteiger partial charge in [-0.15, -0.1) is 0 Å². The Morgan fingerprint density at radius 2 is 1.60 bits per heavy atom. The summed E-state index contributed by atoms with van der Waals surface area (Å²) >= 11 is 0. The second-order valence-corrected chi connectivity index (χ2v) is 6.00. The first-order valence-corrected chi connectivity index (χ1v) is 8.35. The van der Waals surface area contributed by atoms with Gasteiger partial charge >= 0.3 is 5.97 Å². The second-order valence-electron chi connectivity index (χ2n) is 6.00. The quantitative estimate of drug-likeness (QED) is 0.376. The van der Waals surface area contributed by atoms with Crippen molar-refractivity contribution in [2.75, 3.05) is 19.6 Å². The number of unbranched alkanes of at least 4 members (excludes halogenated alkanes) is 7. The fraction of sp³-hybridized carbons (Fsp3) is 0.938. The normalized spacial score (nSPS) is 17.3. The Kier molecular flexibility index (Phi) is 9.67. The van der Waals surface area contributed by atoms with Crippen LogP contribution in [0.4, 0.5) is 0 Å². The van der Waals surface area contributed by atoms with E-state index >= 15 is 0 Å². The lowest BCUT2D eigenvalue weighted by Gasteiger charge is -2.30. The predicted octanol–water partition coefficient (Wildman–Crippen LogP) is 3.86. The van der Waals surface area contributed by atoms with E-state index in [4.69, 9.17) is 5.26 Å². The van der Waals surface area contributed by atoms with Crippen LogP contribution in [0.5, 0.6) is 0 Å². The molecule has 1 saturated heterocycles. The minimum atomic E-state index is -0.461. The third-order valence-electron chi connectivity index (χ3n) is 4.34. The average Bonchev–Trinajstić information content (AvgIpc) is 2.50. The van der Waals surface area contributed by atoms with Crippen LogP contribution in [-0.2, 0) is 9.68 Å². The zero-order valence-corrected chi connectivity index (χ0v) is 13.0. The summed E-state index contributed by atoms with van der Waals surface area (Å²) < 4.78 is 0. The Hall–Kier alpha value is -0.610. The molecule has 0 atom stereocenters. The van der Waals surface area contributed by atoms with E-state index in [1.165, 1.54) is 51.4 Å². The number of likely N-dealkylation sites (tertiary alicyclic amines) is 1. The Balaban J connectivity index is 1.93. The largest absolute Gasteiger partial charge is 0.345 e. The van der Waals surface area contributed by atoms with Gasteiger partial charge in [-0.1, -0.05) is 51.9 Å². The van der Waals surface area contributed by atoms with Crippen molar-refractivity contribution >= 4 is 5.97 Å². The van der Waals surface area contributed by atoms with Gasteiger partial charge in [0.1, 0.15) is 0 Å². The predicted molar refractivity (Wildman–Crippen MR) is 80.5 cm³/mol. The zero-order valence-electron chi connectivity index (χ0n) is 13.0. The summed E-state index contributed by atoms with van der Waals surface area (Å²) in [6, 6.07) is 0. The molecule has 1 fully saturated rings. The summed E-state index contributed by atoms with van der Waals surface area (Å²) in [5.41, 5.74) is 0. The number of hydrogen-bond acceptors (Lipinski definition) is 4. The molecule has 0 aliphatic carbocycles. The van der Waals surface area contributed by atoms with Gasteiger partial charge in [-0.25, -0.2) is 4.79 Å². The van der Waals surface area contributed by atoms with E-state index in [1.807, 2.05) is 0 Å². The van der Waals surface area contributed by atoms with Crippen LogP contribution >= 0.6 is 0 Å². The van der Waals surface area contributed by atoms with Crippen LogP contribution in [0.2, 0.25) is 0 Å². The maximum atomic E-state index is 11.2. The number of rotatable bonds is 10. The number of carbonyl (C=O) groups excluding carboxylic acids is 1.